The number of hydrogen-bond donors (Lipinski definition) is 2. The zero-order valence-electron chi connectivity index (χ0n) is 11.0. The van der Waals surface area contributed by atoms with Crippen molar-refractivity contribution >= 4 is 0 Å². The average Bonchev–Trinajstić information content (AvgIpc) is 2.49. The number of benzene rings is 2. The molecule has 0 aliphatic heterocycles. The highest BCUT2D eigenvalue weighted by molar-refractivity contribution is 5.37. The molecule has 2 rings (SSSR count). The van der Waals surface area contributed by atoms with Gasteiger partial charge in [-0.1, -0.05) is 12.1 Å². The molecule has 3 N–H and O–H groups in total. The van der Waals surface area contributed by atoms with Gasteiger partial charge in [-0.05, 0) is 12.1 Å². The summed E-state index contributed by atoms with van der Waals surface area (Å²) in [5.41, 5.74) is 1.86. The smallest absolute Gasteiger partial charge is 0.194 e. The van der Waals surface area contributed by atoms with Crippen molar-refractivity contribution < 1.29 is 22.3 Å². The molecule has 2 aromatic carbocycles. The molecule has 1 atom stereocenters. The molecule has 0 aromatic heterocycles. The van der Waals surface area contributed by atoms with Crippen molar-refractivity contribution in [2.45, 2.75) is 6.04 Å². The third kappa shape index (κ3) is 2.84. The van der Waals surface area contributed by atoms with Crippen molar-refractivity contribution in [2.24, 2.45) is 5.84 Å². The molecule has 0 bridgehead atoms. The van der Waals surface area contributed by atoms with Gasteiger partial charge in [0.15, 0.2) is 17.5 Å². The Labute approximate surface area is 118 Å². The minimum atomic E-state index is -1.64. The first-order chi connectivity index (χ1) is 9.99. The first kappa shape index (κ1) is 15.3. The van der Waals surface area contributed by atoms with E-state index in [1.165, 1.54) is 19.2 Å². The molecule has 21 heavy (non-hydrogen) atoms. The molecule has 0 amide bonds. The summed E-state index contributed by atoms with van der Waals surface area (Å²) >= 11 is 0. The van der Waals surface area contributed by atoms with Gasteiger partial charge in [0.25, 0.3) is 0 Å². The van der Waals surface area contributed by atoms with Crippen molar-refractivity contribution in [3.8, 4) is 5.75 Å². The van der Waals surface area contributed by atoms with Crippen LogP contribution in [0.5, 0.6) is 5.75 Å². The average molecular weight is 300 g/mol. The number of hydrogen-bond acceptors (Lipinski definition) is 3. The van der Waals surface area contributed by atoms with E-state index in [1.807, 2.05) is 0 Å². The van der Waals surface area contributed by atoms with E-state index in [4.69, 9.17) is 10.6 Å². The van der Waals surface area contributed by atoms with E-state index in [0.29, 0.717) is 0 Å². The second kappa shape index (κ2) is 6.11. The van der Waals surface area contributed by atoms with Crippen LogP contribution in [-0.4, -0.2) is 7.11 Å². The Morgan fingerprint density at radius 1 is 0.952 bits per heavy atom. The van der Waals surface area contributed by atoms with E-state index in [-0.39, 0.29) is 16.9 Å². The lowest BCUT2D eigenvalue weighted by Gasteiger charge is -2.19. The van der Waals surface area contributed by atoms with Crippen LogP contribution < -0.4 is 16.0 Å². The van der Waals surface area contributed by atoms with Gasteiger partial charge in [-0.2, -0.15) is 0 Å². The zero-order valence-corrected chi connectivity index (χ0v) is 11.0. The molecule has 3 nitrogen and oxygen atoms in total. The van der Waals surface area contributed by atoms with E-state index >= 15 is 0 Å². The van der Waals surface area contributed by atoms with Gasteiger partial charge in [0, 0.05) is 17.2 Å². The number of halogens is 4. The van der Waals surface area contributed by atoms with Gasteiger partial charge >= 0.3 is 0 Å². The maximum Gasteiger partial charge on any atom is 0.194 e. The monoisotopic (exact) mass is 300 g/mol. The van der Waals surface area contributed by atoms with Crippen molar-refractivity contribution in [2.75, 3.05) is 7.11 Å². The topological polar surface area (TPSA) is 47.3 Å². The molecule has 7 heteroatoms. The van der Waals surface area contributed by atoms with Crippen molar-refractivity contribution in [3.05, 3.63) is 64.7 Å². The lowest BCUT2D eigenvalue weighted by Crippen LogP contribution is -2.30. The summed E-state index contributed by atoms with van der Waals surface area (Å²) in [6, 6.07) is 4.42. The summed E-state index contributed by atoms with van der Waals surface area (Å²) in [5.74, 6) is 0.452. The second-order valence-electron chi connectivity index (χ2n) is 4.25. The molecule has 1 unspecified atom stereocenters. The summed E-state index contributed by atoms with van der Waals surface area (Å²) in [7, 11) is 1.36. The van der Waals surface area contributed by atoms with Gasteiger partial charge in [0.1, 0.15) is 11.6 Å². The minimum Gasteiger partial charge on any atom is -0.497 e. The number of nitrogens with two attached hydrogens (primary N) is 1. The van der Waals surface area contributed by atoms with E-state index in [9.17, 15) is 17.6 Å². The fourth-order valence-corrected chi connectivity index (χ4v) is 1.98. The summed E-state index contributed by atoms with van der Waals surface area (Å²) in [6.07, 6.45) is 0. The summed E-state index contributed by atoms with van der Waals surface area (Å²) in [6.45, 7) is 0. The van der Waals surface area contributed by atoms with Gasteiger partial charge in [0.05, 0.1) is 13.2 Å². The molecular weight excluding hydrogens is 288 g/mol. The standard InChI is InChI=1S/C14H12F4N2O/c1-21-7-2-3-8(11(16)6-7)14(20-19)9-4-5-10(15)13(18)12(9)17/h2-6,14,20H,19H2,1H3. The number of rotatable bonds is 4. The van der Waals surface area contributed by atoms with Gasteiger partial charge in [0.2, 0.25) is 0 Å². The lowest BCUT2D eigenvalue weighted by atomic mass is 9.98. The molecular formula is C14H12F4N2O. The lowest BCUT2D eigenvalue weighted by molar-refractivity contribution is 0.409. The van der Waals surface area contributed by atoms with Crippen LogP contribution in [0.3, 0.4) is 0 Å². The van der Waals surface area contributed by atoms with Crippen LogP contribution in [-0.2, 0) is 0 Å². The SMILES string of the molecule is COc1ccc(C(NN)c2ccc(F)c(F)c2F)c(F)c1. The zero-order chi connectivity index (χ0) is 15.6. The van der Waals surface area contributed by atoms with Crippen LogP contribution in [0.25, 0.3) is 0 Å². The number of hydrazine groups is 1. The second-order valence-corrected chi connectivity index (χ2v) is 4.25. The maximum absolute atomic E-state index is 14.0. The van der Waals surface area contributed by atoms with Gasteiger partial charge in [-0.25, -0.2) is 23.0 Å². The largest absolute Gasteiger partial charge is 0.497 e. The van der Waals surface area contributed by atoms with E-state index in [2.05, 4.69) is 5.43 Å². The molecule has 0 saturated carbocycles. The van der Waals surface area contributed by atoms with Crippen molar-refractivity contribution in [3.63, 3.8) is 0 Å². The number of ether oxygens (including phenoxy) is 1. The Balaban J connectivity index is 2.52. The molecule has 0 aliphatic rings. The van der Waals surface area contributed by atoms with Crippen LogP contribution in [0, 0.1) is 23.3 Å². The van der Waals surface area contributed by atoms with E-state index < -0.39 is 29.3 Å². The number of nitrogens with one attached hydrogen (secondary N) is 1. The van der Waals surface area contributed by atoms with Gasteiger partial charge < -0.3 is 4.74 Å². The molecule has 0 heterocycles. The summed E-state index contributed by atoms with van der Waals surface area (Å²) < 4.78 is 58.9. The fourth-order valence-electron chi connectivity index (χ4n) is 1.98. The highest BCUT2D eigenvalue weighted by Gasteiger charge is 2.23. The molecule has 0 radical (unpaired) electrons. The molecule has 0 saturated heterocycles. The maximum atomic E-state index is 14.0. The Hall–Kier alpha value is -2.12. The van der Waals surface area contributed by atoms with Crippen LogP contribution >= 0.6 is 0 Å². The quantitative estimate of drug-likeness (QED) is 0.395. The Morgan fingerprint density at radius 3 is 2.19 bits per heavy atom. The Bertz CT molecular complexity index is 664. The van der Waals surface area contributed by atoms with Crippen LogP contribution in [0.15, 0.2) is 30.3 Å². The predicted molar refractivity (Wildman–Crippen MR) is 68.4 cm³/mol. The Kier molecular flexibility index (Phi) is 4.44. The highest BCUT2D eigenvalue weighted by atomic mass is 19.2. The minimum absolute atomic E-state index is 0.0248. The molecule has 112 valence electrons. The number of methoxy groups -OCH3 is 1. The summed E-state index contributed by atoms with van der Waals surface area (Å²) in [5, 5.41) is 0. The molecule has 0 spiro atoms. The predicted octanol–water partition coefficient (Wildman–Crippen LogP) is 2.80. The third-order valence-corrected chi connectivity index (χ3v) is 3.06. The fraction of sp³-hybridized carbons (Fsp3) is 0.143. The first-order valence-electron chi connectivity index (χ1n) is 5.92. The van der Waals surface area contributed by atoms with E-state index in [0.717, 1.165) is 18.2 Å². The molecule has 0 aliphatic carbocycles. The third-order valence-electron chi connectivity index (χ3n) is 3.06. The van der Waals surface area contributed by atoms with Crippen LogP contribution in [0.4, 0.5) is 17.6 Å². The summed E-state index contributed by atoms with van der Waals surface area (Å²) in [4.78, 5) is 0. The molecule has 2 aromatic rings. The van der Waals surface area contributed by atoms with Gasteiger partial charge in [-0.3, -0.25) is 5.84 Å². The van der Waals surface area contributed by atoms with E-state index in [1.54, 1.807) is 0 Å². The first-order valence-corrected chi connectivity index (χ1v) is 5.92. The molecule has 0 fully saturated rings. The van der Waals surface area contributed by atoms with Crippen LogP contribution in [0.1, 0.15) is 17.2 Å². The Morgan fingerprint density at radius 2 is 1.62 bits per heavy atom. The van der Waals surface area contributed by atoms with Crippen molar-refractivity contribution in [1.82, 2.24) is 5.43 Å². The normalized spacial score (nSPS) is 12.3. The van der Waals surface area contributed by atoms with Crippen molar-refractivity contribution in [1.29, 1.82) is 0 Å². The van der Waals surface area contributed by atoms with Crippen LogP contribution in [0.2, 0.25) is 0 Å². The van der Waals surface area contributed by atoms with Gasteiger partial charge in [-0.15, -0.1) is 0 Å². The highest BCUT2D eigenvalue weighted by Crippen LogP contribution is 2.29.